The van der Waals surface area contributed by atoms with E-state index in [1.54, 1.807) is 13.0 Å². The molecule has 1 unspecified atom stereocenters. The summed E-state index contributed by atoms with van der Waals surface area (Å²) in [6.45, 7) is 2.27. The second-order valence-electron chi connectivity index (χ2n) is 4.44. The largest absolute Gasteiger partial charge is 0.366 e. The minimum atomic E-state index is -0.423. The van der Waals surface area contributed by atoms with Crippen molar-refractivity contribution in [3.63, 3.8) is 0 Å². The van der Waals surface area contributed by atoms with Crippen LogP contribution >= 0.6 is 0 Å². The van der Waals surface area contributed by atoms with Gasteiger partial charge in [-0.3, -0.25) is 10.1 Å². The van der Waals surface area contributed by atoms with Crippen LogP contribution in [0.15, 0.2) is 12.3 Å². The predicted molar refractivity (Wildman–Crippen MR) is 64.8 cm³/mol. The molecule has 0 aromatic carbocycles. The molecule has 17 heavy (non-hydrogen) atoms. The SMILES string of the molecule is Cc1cc(NC(CN)C2CC2)ncc1[N+](=O)[O-]. The highest BCUT2D eigenvalue weighted by Crippen LogP contribution is 2.33. The molecule has 0 bridgehead atoms. The zero-order valence-electron chi connectivity index (χ0n) is 9.72. The van der Waals surface area contributed by atoms with Crippen LogP contribution in [0.4, 0.5) is 11.5 Å². The first-order valence-electron chi connectivity index (χ1n) is 5.69. The van der Waals surface area contributed by atoms with Crippen LogP contribution in [0.1, 0.15) is 18.4 Å². The van der Waals surface area contributed by atoms with Gasteiger partial charge >= 0.3 is 0 Å². The first-order valence-corrected chi connectivity index (χ1v) is 5.69. The number of nitro groups is 1. The highest BCUT2D eigenvalue weighted by molar-refractivity contribution is 5.47. The van der Waals surface area contributed by atoms with Crippen LogP contribution in [-0.4, -0.2) is 22.5 Å². The highest BCUT2D eigenvalue weighted by Gasteiger charge is 2.30. The van der Waals surface area contributed by atoms with Crippen LogP contribution in [0.25, 0.3) is 0 Å². The number of pyridine rings is 1. The Labute approximate surface area is 99.4 Å². The van der Waals surface area contributed by atoms with Gasteiger partial charge in [-0.2, -0.15) is 0 Å². The van der Waals surface area contributed by atoms with Crippen molar-refractivity contribution in [1.29, 1.82) is 0 Å². The van der Waals surface area contributed by atoms with E-state index >= 15 is 0 Å². The highest BCUT2D eigenvalue weighted by atomic mass is 16.6. The lowest BCUT2D eigenvalue weighted by molar-refractivity contribution is -0.385. The smallest absolute Gasteiger partial charge is 0.290 e. The van der Waals surface area contributed by atoms with E-state index in [0.717, 1.165) is 0 Å². The predicted octanol–water partition coefficient (Wildman–Crippen LogP) is 1.45. The van der Waals surface area contributed by atoms with Crippen LogP contribution in [0.5, 0.6) is 0 Å². The van der Waals surface area contributed by atoms with Crippen molar-refractivity contribution in [3.05, 3.63) is 27.9 Å². The number of nitrogens with two attached hydrogens (primary N) is 1. The third kappa shape index (κ3) is 2.71. The summed E-state index contributed by atoms with van der Waals surface area (Å²) in [5, 5.41) is 13.9. The molecular formula is C11H16N4O2. The zero-order chi connectivity index (χ0) is 12.4. The molecule has 1 atom stereocenters. The Bertz CT molecular complexity index is 431. The monoisotopic (exact) mass is 236 g/mol. The number of nitrogens with one attached hydrogen (secondary N) is 1. The fourth-order valence-electron chi connectivity index (χ4n) is 1.88. The van der Waals surface area contributed by atoms with Crippen LogP contribution < -0.4 is 11.1 Å². The maximum Gasteiger partial charge on any atom is 0.290 e. The molecule has 1 aliphatic rings. The average Bonchev–Trinajstić information content (AvgIpc) is 3.09. The van der Waals surface area contributed by atoms with E-state index in [1.807, 2.05) is 0 Å². The number of hydrogen-bond acceptors (Lipinski definition) is 5. The molecular weight excluding hydrogens is 220 g/mol. The summed E-state index contributed by atoms with van der Waals surface area (Å²) in [5.74, 6) is 1.28. The molecule has 3 N–H and O–H groups in total. The number of aromatic nitrogens is 1. The van der Waals surface area contributed by atoms with E-state index in [0.29, 0.717) is 23.8 Å². The molecule has 1 saturated carbocycles. The summed E-state index contributed by atoms with van der Waals surface area (Å²) in [7, 11) is 0. The minimum absolute atomic E-state index is 0.0475. The van der Waals surface area contributed by atoms with Crippen LogP contribution in [0.3, 0.4) is 0 Å². The van der Waals surface area contributed by atoms with Gasteiger partial charge in [0.25, 0.3) is 5.69 Å². The fraction of sp³-hybridized carbons (Fsp3) is 0.545. The van der Waals surface area contributed by atoms with Crippen LogP contribution in [0.2, 0.25) is 0 Å². The number of nitrogens with zero attached hydrogens (tertiary/aromatic N) is 2. The van der Waals surface area contributed by atoms with Crippen molar-refractivity contribution < 1.29 is 4.92 Å². The summed E-state index contributed by atoms with van der Waals surface area (Å²) >= 11 is 0. The summed E-state index contributed by atoms with van der Waals surface area (Å²) in [5.41, 5.74) is 6.34. The zero-order valence-corrected chi connectivity index (χ0v) is 9.72. The third-order valence-electron chi connectivity index (χ3n) is 3.06. The van der Waals surface area contributed by atoms with Gasteiger partial charge in [-0.1, -0.05) is 0 Å². The van der Waals surface area contributed by atoms with Crippen molar-refractivity contribution in [2.45, 2.75) is 25.8 Å². The molecule has 1 aromatic heterocycles. The van der Waals surface area contributed by atoms with E-state index in [4.69, 9.17) is 5.73 Å². The van der Waals surface area contributed by atoms with Gasteiger partial charge in [0, 0.05) is 18.2 Å². The second-order valence-corrected chi connectivity index (χ2v) is 4.44. The molecule has 1 fully saturated rings. The Morgan fingerprint density at radius 2 is 2.41 bits per heavy atom. The van der Waals surface area contributed by atoms with E-state index in [-0.39, 0.29) is 11.7 Å². The first kappa shape index (κ1) is 11.8. The molecule has 6 nitrogen and oxygen atoms in total. The van der Waals surface area contributed by atoms with Crippen molar-refractivity contribution in [1.82, 2.24) is 4.98 Å². The molecule has 1 heterocycles. The van der Waals surface area contributed by atoms with Crippen LogP contribution in [0, 0.1) is 23.0 Å². The molecule has 1 aliphatic carbocycles. The molecule has 92 valence electrons. The average molecular weight is 236 g/mol. The Balaban J connectivity index is 2.11. The van der Waals surface area contributed by atoms with E-state index in [9.17, 15) is 10.1 Å². The third-order valence-corrected chi connectivity index (χ3v) is 3.06. The molecule has 2 rings (SSSR count). The quantitative estimate of drug-likeness (QED) is 0.596. The Kier molecular flexibility index (Phi) is 3.23. The summed E-state index contributed by atoms with van der Waals surface area (Å²) in [4.78, 5) is 14.3. The van der Waals surface area contributed by atoms with E-state index < -0.39 is 4.92 Å². The molecule has 0 spiro atoms. The summed E-state index contributed by atoms with van der Waals surface area (Å²) < 4.78 is 0. The van der Waals surface area contributed by atoms with Gasteiger partial charge in [0.05, 0.1) is 4.92 Å². The van der Waals surface area contributed by atoms with Gasteiger partial charge in [0.1, 0.15) is 12.0 Å². The second kappa shape index (κ2) is 4.67. The van der Waals surface area contributed by atoms with Gasteiger partial charge in [-0.05, 0) is 31.7 Å². The standard InChI is InChI=1S/C11H16N4O2/c1-7-4-11(13-6-10(7)15(16)17)14-9(5-12)8-2-3-8/h4,6,8-9H,2-3,5,12H2,1H3,(H,13,14). The molecule has 0 radical (unpaired) electrons. The van der Waals surface area contributed by atoms with Gasteiger partial charge in [0.15, 0.2) is 0 Å². The van der Waals surface area contributed by atoms with Crippen molar-refractivity contribution in [2.75, 3.05) is 11.9 Å². The molecule has 0 amide bonds. The van der Waals surface area contributed by atoms with Gasteiger partial charge in [-0.15, -0.1) is 0 Å². The lowest BCUT2D eigenvalue weighted by Crippen LogP contribution is -2.31. The molecule has 0 aliphatic heterocycles. The lowest BCUT2D eigenvalue weighted by atomic mass is 10.2. The fourth-order valence-corrected chi connectivity index (χ4v) is 1.88. The topological polar surface area (TPSA) is 94.1 Å². The maximum absolute atomic E-state index is 10.7. The van der Waals surface area contributed by atoms with Crippen molar-refractivity contribution in [3.8, 4) is 0 Å². The number of hydrogen-bond donors (Lipinski definition) is 2. The van der Waals surface area contributed by atoms with Gasteiger partial charge in [-0.25, -0.2) is 4.98 Å². The summed E-state index contributed by atoms with van der Waals surface area (Å²) in [6, 6.07) is 1.92. The lowest BCUT2D eigenvalue weighted by Gasteiger charge is -2.16. The van der Waals surface area contributed by atoms with Crippen molar-refractivity contribution in [2.24, 2.45) is 11.7 Å². The molecule has 0 saturated heterocycles. The van der Waals surface area contributed by atoms with E-state index in [2.05, 4.69) is 10.3 Å². The molecule has 1 aromatic rings. The Morgan fingerprint density at radius 1 is 1.71 bits per heavy atom. The van der Waals surface area contributed by atoms with Gasteiger partial charge < -0.3 is 11.1 Å². The first-order chi connectivity index (χ1) is 8.11. The minimum Gasteiger partial charge on any atom is -0.366 e. The maximum atomic E-state index is 10.7. The Hall–Kier alpha value is -1.69. The Morgan fingerprint density at radius 3 is 2.88 bits per heavy atom. The normalized spacial score (nSPS) is 16.6. The number of rotatable bonds is 5. The van der Waals surface area contributed by atoms with Crippen molar-refractivity contribution >= 4 is 11.5 Å². The number of anilines is 1. The summed E-state index contributed by atoms with van der Waals surface area (Å²) in [6.07, 6.45) is 3.68. The van der Waals surface area contributed by atoms with E-state index in [1.165, 1.54) is 19.0 Å². The van der Waals surface area contributed by atoms with Gasteiger partial charge in [0.2, 0.25) is 0 Å². The van der Waals surface area contributed by atoms with Crippen LogP contribution in [-0.2, 0) is 0 Å². The molecule has 6 heteroatoms. The number of aryl methyl sites for hydroxylation is 1.